The number of rotatable bonds is 4. The quantitative estimate of drug-likeness (QED) is 0.292. The molecule has 70 valence electrons. The minimum absolute atomic E-state index is 0.486. The third kappa shape index (κ3) is 2.86. The summed E-state index contributed by atoms with van der Waals surface area (Å²) in [5.41, 5.74) is 0.771. The summed E-state index contributed by atoms with van der Waals surface area (Å²) in [5.74, 6) is 0.486. The Hall–Kier alpha value is -1.91. The van der Waals surface area contributed by atoms with Crippen LogP contribution in [-0.2, 0) is 4.79 Å². The van der Waals surface area contributed by atoms with Crippen LogP contribution in [-0.4, -0.2) is 25.5 Å². The van der Waals surface area contributed by atoms with Crippen molar-refractivity contribution in [2.24, 2.45) is 5.10 Å². The van der Waals surface area contributed by atoms with Gasteiger partial charge in [0.2, 0.25) is 6.41 Å². The van der Waals surface area contributed by atoms with Gasteiger partial charge in [0.15, 0.2) is 5.82 Å². The molecule has 0 bridgehead atoms. The smallest absolute Gasteiger partial charge is 0.236 e. The monoisotopic (exact) mass is 187 g/mol. The Kier molecular flexibility index (Phi) is 3.61. The van der Waals surface area contributed by atoms with E-state index < -0.39 is 0 Å². The molecule has 5 heteroatoms. The van der Waals surface area contributed by atoms with Crippen LogP contribution in [0.3, 0.4) is 0 Å². The SMILES string of the molecule is BC(=C)/C=N\N(C=O)c1ccccn1. The van der Waals surface area contributed by atoms with E-state index >= 15 is 0 Å². The molecule has 1 heterocycles. The van der Waals surface area contributed by atoms with E-state index in [-0.39, 0.29) is 0 Å². The molecule has 1 aromatic heterocycles. The Bertz CT molecular complexity index is 350. The number of anilines is 1. The zero-order valence-electron chi connectivity index (χ0n) is 7.92. The summed E-state index contributed by atoms with van der Waals surface area (Å²) in [6.07, 6.45) is 3.70. The van der Waals surface area contributed by atoms with Gasteiger partial charge >= 0.3 is 0 Å². The van der Waals surface area contributed by atoms with Crippen LogP contribution >= 0.6 is 0 Å². The normalized spacial score (nSPS) is 10.0. The van der Waals surface area contributed by atoms with E-state index in [2.05, 4.69) is 16.7 Å². The number of hydrogen-bond acceptors (Lipinski definition) is 3. The van der Waals surface area contributed by atoms with E-state index in [1.807, 2.05) is 0 Å². The number of pyridine rings is 1. The van der Waals surface area contributed by atoms with Crippen molar-refractivity contribution in [3.63, 3.8) is 0 Å². The van der Waals surface area contributed by atoms with Crippen molar-refractivity contribution in [2.75, 3.05) is 5.01 Å². The number of allylic oxidation sites excluding steroid dienone is 1. The third-order valence-electron chi connectivity index (χ3n) is 1.39. The van der Waals surface area contributed by atoms with Crippen molar-refractivity contribution in [2.45, 2.75) is 0 Å². The first kappa shape index (κ1) is 10.2. The summed E-state index contributed by atoms with van der Waals surface area (Å²) in [4.78, 5) is 14.6. The van der Waals surface area contributed by atoms with E-state index in [9.17, 15) is 4.79 Å². The summed E-state index contributed by atoms with van der Waals surface area (Å²) in [6.45, 7) is 3.64. The van der Waals surface area contributed by atoms with E-state index in [0.717, 1.165) is 10.5 Å². The van der Waals surface area contributed by atoms with Gasteiger partial charge in [-0.15, -0.1) is 6.58 Å². The van der Waals surface area contributed by atoms with Crippen LogP contribution in [0.15, 0.2) is 41.5 Å². The highest BCUT2D eigenvalue weighted by atomic mass is 16.1. The maximum Gasteiger partial charge on any atom is 0.236 e. The molecule has 1 amide bonds. The zero-order chi connectivity index (χ0) is 10.4. The van der Waals surface area contributed by atoms with E-state index in [0.29, 0.717) is 12.2 Å². The maximum atomic E-state index is 10.7. The van der Waals surface area contributed by atoms with Crippen LogP contribution in [0.25, 0.3) is 0 Å². The number of amides is 1. The van der Waals surface area contributed by atoms with Gasteiger partial charge < -0.3 is 0 Å². The standard InChI is InChI=1S/C9H10BN3O/c1-8(10)6-12-13(7-14)9-4-2-3-5-11-9/h2-7H,1,10H2/b12-6-. The van der Waals surface area contributed by atoms with E-state index in [1.54, 1.807) is 32.2 Å². The Morgan fingerprint density at radius 1 is 1.64 bits per heavy atom. The summed E-state index contributed by atoms with van der Waals surface area (Å²) in [6, 6.07) is 5.26. The van der Waals surface area contributed by atoms with Gasteiger partial charge in [0.05, 0.1) is 0 Å². The van der Waals surface area contributed by atoms with Crippen LogP contribution < -0.4 is 5.01 Å². The summed E-state index contributed by atoms with van der Waals surface area (Å²) in [5, 5.41) is 5.04. The predicted octanol–water partition coefficient (Wildman–Crippen LogP) is 0.177. The molecule has 0 saturated heterocycles. The number of aromatic nitrogens is 1. The topological polar surface area (TPSA) is 45.6 Å². The molecule has 0 aliphatic carbocycles. The highest BCUT2D eigenvalue weighted by Crippen LogP contribution is 2.06. The molecular formula is C9H10BN3O. The van der Waals surface area contributed by atoms with Gasteiger partial charge in [0.1, 0.15) is 7.85 Å². The second-order valence-electron chi connectivity index (χ2n) is 2.73. The van der Waals surface area contributed by atoms with Crippen LogP contribution in [0.5, 0.6) is 0 Å². The lowest BCUT2D eigenvalue weighted by molar-refractivity contribution is -0.107. The first-order valence-corrected chi connectivity index (χ1v) is 4.09. The molecule has 0 saturated carbocycles. The molecule has 0 aliphatic rings. The largest absolute Gasteiger partial charge is 0.276 e. The first-order chi connectivity index (χ1) is 6.74. The molecule has 4 nitrogen and oxygen atoms in total. The molecule has 0 aromatic carbocycles. The van der Waals surface area contributed by atoms with Crippen LogP contribution in [0.1, 0.15) is 0 Å². The second kappa shape index (κ2) is 4.96. The average molecular weight is 187 g/mol. The number of hydrogen-bond donors (Lipinski definition) is 0. The van der Waals surface area contributed by atoms with Crippen molar-refractivity contribution in [3.05, 3.63) is 36.4 Å². The first-order valence-electron chi connectivity index (χ1n) is 4.09. The Morgan fingerprint density at radius 2 is 2.43 bits per heavy atom. The van der Waals surface area contributed by atoms with Gasteiger partial charge in [0.25, 0.3) is 0 Å². The molecule has 0 spiro atoms. The molecule has 0 unspecified atom stereocenters. The van der Waals surface area contributed by atoms with Gasteiger partial charge in [-0.05, 0) is 12.1 Å². The summed E-state index contributed by atoms with van der Waals surface area (Å²) in [7, 11) is 1.80. The molecule has 1 aromatic rings. The van der Waals surface area contributed by atoms with Gasteiger partial charge in [-0.3, -0.25) is 4.79 Å². The third-order valence-corrected chi connectivity index (χ3v) is 1.39. The Labute approximate surface area is 83.4 Å². The molecule has 0 atom stereocenters. The van der Waals surface area contributed by atoms with Gasteiger partial charge in [-0.1, -0.05) is 11.5 Å². The second-order valence-corrected chi connectivity index (χ2v) is 2.73. The minimum atomic E-state index is 0.486. The minimum Gasteiger partial charge on any atom is -0.276 e. The van der Waals surface area contributed by atoms with Gasteiger partial charge in [-0.2, -0.15) is 10.1 Å². The van der Waals surface area contributed by atoms with Crippen molar-refractivity contribution < 1.29 is 4.79 Å². The van der Waals surface area contributed by atoms with E-state index in [4.69, 9.17) is 0 Å². The fourth-order valence-electron chi connectivity index (χ4n) is 0.790. The van der Waals surface area contributed by atoms with Gasteiger partial charge in [-0.25, -0.2) is 4.98 Å². The highest BCUT2D eigenvalue weighted by molar-refractivity contribution is 6.32. The Morgan fingerprint density at radius 3 is 2.93 bits per heavy atom. The molecule has 0 aliphatic heterocycles. The molecule has 0 fully saturated rings. The molecular weight excluding hydrogens is 177 g/mol. The van der Waals surface area contributed by atoms with Crippen molar-refractivity contribution >= 4 is 26.3 Å². The number of carbonyl (C=O) groups is 1. The summed E-state index contributed by atoms with van der Waals surface area (Å²) >= 11 is 0. The van der Waals surface area contributed by atoms with Crippen molar-refractivity contribution in [1.29, 1.82) is 0 Å². The zero-order valence-corrected chi connectivity index (χ0v) is 7.92. The Balaban J connectivity index is 2.83. The lowest BCUT2D eigenvalue weighted by atomic mass is 10.00. The number of nitrogens with zero attached hydrogens (tertiary/aromatic N) is 3. The molecule has 0 N–H and O–H groups in total. The predicted molar refractivity (Wildman–Crippen MR) is 59.0 cm³/mol. The lowest BCUT2D eigenvalue weighted by Crippen LogP contribution is -2.14. The molecule has 14 heavy (non-hydrogen) atoms. The van der Waals surface area contributed by atoms with Crippen molar-refractivity contribution in [3.8, 4) is 0 Å². The van der Waals surface area contributed by atoms with Crippen LogP contribution in [0.2, 0.25) is 0 Å². The number of hydrazone groups is 1. The van der Waals surface area contributed by atoms with E-state index in [1.165, 1.54) is 6.21 Å². The van der Waals surface area contributed by atoms with Crippen LogP contribution in [0, 0.1) is 0 Å². The highest BCUT2D eigenvalue weighted by Gasteiger charge is 2.01. The fourth-order valence-corrected chi connectivity index (χ4v) is 0.790. The lowest BCUT2D eigenvalue weighted by Gasteiger charge is -2.08. The van der Waals surface area contributed by atoms with Crippen molar-refractivity contribution in [1.82, 2.24) is 4.98 Å². The maximum absolute atomic E-state index is 10.7. The molecule has 1 rings (SSSR count). The fraction of sp³-hybridized carbons (Fsp3) is 0. The van der Waals surface area contributed by atoms with Crippen LogP contribution in [0.4, 0.5) is 5.82 Å². The summed E-state index contributed by atoms with van der Waals surface area (Å²) < 4.78 is 0. The number of carbonyl (C=O) groups excluding carboxylic acids is 1. The average Bonchev–Trinajstić information content (AvgIpc) is 2.20. The van der Waals surface area contributed by atoms with Gasteiger partial charge in [0, 0.05) is 12.4 Å². The molecule has 0 radical (unpaired) electrons.